The molecule has 0 spiro atoms. The quantitative estimate of drug-likeness (QED) is 0.489. The molecule has 0 aromatic heterocycles. The molecule has 4 rings (SSSR count). The molecule has 0 bridgehead atoms. The van der Waals surface area contributed by atoms with Crippen LogP contribution >= 0.6 is 0 Å². The maximum atomic E-state index is 12.4. The Bertz CT molecular complexity index is 803. The van der Waals surface area contributed by atoms with Crippen molar-refractivity contribution >= 4 is 0 Å². The summed E-state index contributed by atoms with van der Waals surface area (Å²) in [4.78, 5) is 0. The van der Waals surface area contributed by atoms with E-state index < -0.39 is 28.8 Å². The average Bonchev–Trinajstić information content (AvgIpc) is 3.10. The fourth-order valence-corrected chi connectivity index (χ4v) is 8.35. The van der Waals surface area contributed by atoms with Crippen molar-refractivity contribution in [2.45, 2.75) is 110 Å². The zero-order valence-corrected chi connectivity index (χ0v) is 22.0. The second-order valence-electron chi connectivity index (χ2n) is 12.9. The third-order valence-electron chi connectivity index (χ3n) is 11.1. The number of hydrogen-bond acceptors (Lipinski definition) is 4. The molecule has 0 aromatic carbocycles. The molecule has 0 amide bonds. The fraction of sp³-hybridized carbons (Fsp3) is 0.862. The summed E-state index contributed by atoms with van der Waals surface area (Å²) in [5.74, 6) is 2.64. The molecule has 33 heavy (non-hydrogen) atoms. The molecule has 10 atom stereocenters. The maximum Gasteiger partial charge on any atom is 0.105 e. The molecule has 3 fully saturated rings. The summed E-state index contributed by atoms with van der Waals surface area (Å²) in [6, 6.07) is 0. The predicted octanol–water partition coefficient (Wildman–Crippen LogP) is 5.27. The Morgan fingerprint density at radius 2 is 1.70 bits per heavy atom. The summed E-state index contributed by atoms with van der Waals surface area (Å²) >= 11 is 0. The summed E-state index contributed by atoms with van der Waals surface area (Å²) in [7, 11) is 1.65. The number of allylic oxidation sites excluding steroid dienone is 2. The van der Waals surface area contributed by atoms with Gasteiger partial charge >= 0.3 is 0 Å². The van der Waals surface area contributed by atoms with Gasteiger partial charge in [-0.05, 0) is 79.1 Å². The molecule has 0 saturated heterocycles. The van der Waals surface area contributed by atoms with Crippen molar-refractivity contribution in [3.05, 3.63) is 23.8 Å². The molecule has 4 aliphatic carbocycles. The molecule has 4 nitrogen and oxygen atoms in total. The largest absolute Gasteiger partial charge is 0.393 e. The molecule has 0 radical (unpaired) electrons. The van der Waals surface area contributed by atoms with E-state index in [2.05, 4.69) is 52.8 Å². The van der Waals surface area contributed by atoms with E-state index in [1.165, 1.54) is 6.42 Å². The van der Waals surface area contributed by atoms with Crippen LogP contribution in [0.15, 0.2) is 23.8 Å². The molecular formula is C29H48O4. The molecule has 2 unspecified atom stereocenters. The van der Waals surface area contributed by atoms with Crippen molar-refractivity contribution < 1.29 is 20.1 Å². The molecule has 3 saturated carbocycles. The van der Waals surface area contributed by atoms with Crippen LogP contribution in [0, 0.1) is 40.4 Å². The Labute approximate surface area is 201 Å². The highest BCUT2D eigenvalue weighted by molar-refractivity contribution is 5.40. The van der Waals surface area contributed by atoms with Crippen molar-refractivity contribution in [1.29, 1.82) is 0 Å². The number of hydrogen-bond donors (Lipinski definition) is 3. The summed E-state index contributed by atoms with van der Waals surface area (Å²) in [5.41, 5.74) is -1.77. The molecule has 0 heterocycles. The van der Waals surface area contributed by atoms with Gasteiger partial charge in [-0.15, -0.1) is 0 Å². The second-order valence-corrected chi connectivity index (χ2v) is 12.9. The topological polar surface area (TPSA) is 69.9 Å². The summed E-state index contributed by atoms with van der Waals surface area (Å²) in [6.45, 7) is 13.7. The first-order valence-electron chi connectivity index (χ1n) is 13.4. The molecule has 4 aliphatic rings. The van der Waals surface area contributed by atoms with E-state index in [4.69, 9.17) is 4.74 Å². The first-order chi connectivity index (χ1) is 15.3. The van der Waals surface area contributed by atoms with E-state index in [1.54, 1.807) is 7.11 Å². The van der Waals surface area contributed by atoms with Crippen molar-refractivity contribution in [2.24, 2.45) is 40.4 Å². The Balaban J connectivity index is 1.69. The van der Waals surface area contributed by atoms with Crippen LogP contribution in [-0.4, -0.2) is 45.8 Å². The Morgan fingerprint density at radius 1 is 1.00 bits per heavy atom. The van der Waals surface area contributed by atoms with E-state index in [1.807, 2.05) is 6.92 Å². The van der Waals surface area contributed by atoms with Gasteiger partial charge in [-0.1, -0.05) is 59.8 Å². The highest BCUT2D eigenvalue weighted by Crippen LogP contribution is 2.69. The zero-order chi connectivity index (χ0) is 24.4. The monoisotopic (exact) mass is 460 g/mol. The predicted molar refractivity (Wildman–Crippen MR) is 133 cm³/mol. The first kappa shape index (κ1) is 25.4. The average molecular weight is 461 g/mol. The van der Waals surface area contributed by atoms with Crippen molar-refractivity contribution in [1.82, 2.24) is 0 Å². The molecular weight excluding hydrogens is 412 g/mol. The SMILES string of the molecule is CO[C@@H]1C=C2C3CCC([C@H](C)/C=C/[C@@H](C)C(C)C)[C@@]3(C)CC[C@]2(O)[C@@]2(C)CC[C@H](O)C[C@]12O. The van der Waals surface area contributed by atoms with Crippen LogP contribution in [-0.2, 0) is 4.74 Å². The minimum absolute atomic E-state index is 0.140. The lowest BCUT2D eigenvalue weighted by molar-refractivity contribution is -0.262. The van der Waals surface area contributed by atoms with Gasteiger partial charge in [-0.2, -0.15) is 0 Å². The lowest BCUT2D eigenvalue weighted by Gasteiger charge is -2.66. The van der Waals surface area contributed by atoms with Gasteiger partial charge in [-0.25, -0.2) is 0 Å². The molecule has 4 heteroatoms. The fourth-order valence-electron chi connectivity index (χ4n) is 8.35. The maximum absolute atomic E-state index is 12.4. The van der Waals surface area contributed by atoms with Crippen LogP contribution in [0.5, 0.6) is 0 Å². The molecule has 0 aromatic rings. The van der Waals surface area contributed by atoms with Gasteiger partial charge in [0, 0.05) is 18.9 Å². The van der Waals surface area contributed by atoms with Crippen LogP contribution in [0.2, 0.25) is 0 Å². The first-order valence-corrected chi connectivity index (χ1v) is 13.4. The van der Waals surface area contributed by atoms with E-state index in [9.17, 15) is 15.3 Å². The van der Waals surface area contributed by atoms with Gasteiger partial charge in [0.25, 0.3) is 0 Å². The Kier molecular flexibility index (Phi) is 6.52. The van der Waals surface area contributed by atoms with Gasteiger partial charge in [0.05, 0.1) is 11.7 Å². The third kappa shape index (κ3) is 3.53. The van der Waals surface area contributed by atoms with Crippen LogP contribution in [0.1, 0.15) is 86.5 Å². The van der Waals surface area contributed by atoms with Crippen LogP contribution in [0.25, 0.3) is 0 Å². The van der Waals surface area contributed by atoms with Gasteiger partial charge in [-0.3, -0.25) is 0 Å². The van der Waals surface area contributed by atoms with Gasteiger partial charge in [0.15, 0.2) is 0 Å². The van der Waals surface area contributed by atoms with E-state index in [-0.39, 0.29) is 11.8 Å². The van der Waals surface area contributed by atoms with Crippen LogP contribution < -0.4 is 0 Å². The molecule has 188 valence electrons. The zero-order valence-electron chi connectivity index (χ0n) is 22.0. The minimum Gasteiger partial charge on any atom is -0.393 e. The number of methoxy groups -OCH3 is 1. The van der Waals surface area contributed by atoms with E-state index in [0.29, 0.717) is 48.9 Å². The van der Waals surface area contributed by atoms with Gasteiger partial charge in [0.2, 0.25) is 0 Å². The smallest absolute Gasteiger partial charge is 0.105 e. The van der Waals surface area contributed by atoms with Gasteiger partial charge in [0.1, 0.15) is 11.7 Å². The summed E-state index contributed by atoms with van der Waals surface area (Å²) in [6.07, 6.45) is 11.2. The van der Waals surface area contributed by atoms with Crippen molar-refractivity contribution in [2.75, 3.05) is 7.11 Å². The number of fused-ring (bicyclic) bond motifs is 5. The Hall–Kier alpha value is -0.680. The van der Waals surface area contributed by atoms with E-state index in [0.717, 1.165) is 18.4 Å². The summed E-state index contributed by atoms with van der Waals surface area (Å²) in [5, 5.41) is 34.7. The highest BCUT2D eigenvalue weighted by atomic mass is 16.5. The number of ether oxygens (including phenoxy) is 1. The van der Waals surface area contributed by atoms with Gasteiger partial charge < -0.3 is 20.1 Å². The minimum atomic E-state index is -1.26. The van der Waals surface area contributed by atoms with Crippen LogP contribution in [0.3, 0.4) is 0 Å². The van der Waals surface area contributed by atoms with Crippen molar-refractivity contribution in [3.8, 4) is 0 Å². The number of aliphatic hydroxyl groups is 3. The lowest BCUT2D eigenvalue weighted by Crippen LogP contribution is -2.72. The van der Waals surface area contributed by atoms with Crippen molar-refractivity contribution in [3.63, 3.8) is 0 Å². The third-order valence-corrected chi connectivity index (χ3v) is 11.1. The second kappa shape index (κ2) is 8.47. The number of aliphatic hydroxyl groups excluding tert-OH is 1. The normalized spacial score (nSPS) is 49.4. The van der Waals surface area contributed by atoms with E-state index >= 15 is 0 Å². The summed E-state index contributed by atoms with van der Waals surface area (Å²) < 4.78 is 5.85. The lowest BCUT2D eigenvalue weighted by atomic mass is 9.43. The Morgan fingerprint density at radius 3 is 2.33 bits per heavy atom. The highest BCUT2D eigenvalue weighted by Gasteiger charge is 2.71. The number of rotatable bonds is 5. The molecule has 0 aliphatic heterocycles. The van der Waals surface area contributed by atoms with Crippen LogP contribution in [0.4, 0.5) is 0 Å². The standard InChI is InChI=1S/C29H48O4/c1-18(2)19(3)8-9-20(4)22-10-11-23-24-16-25(33-7)29(32)17-21(30)12-13-27(29,6)28(24,31)15-14-26(22,23)5/h8-9,16,18-23,25,30-32H,10-15,17H2,1-7H3/b9-8+/t19-,20-,21+,22?,23?,25-,26-,27-,28-,29+/m1/s1. The molecule has 3 N–H and O–H groups in total.